The van der Waals surface area contributed by atoms with Crippen LogP contribution in [0.15, 0.2) is 6.07 Å². The molecule has 0 saturated heterocycles. The molecule has 6 nitrogen and oxygen atoms in total. The third-order valence-electron chi connectivity index (χ3n) is 2.28. The first-order chi connectivity index (χ1) is 8.73. The molecule has 18 heavy (non-hydrogen) atoms. The second-order valence-electron chi connectivity index (χ2n) is 3.23. The fourth-order valence-electron chi connectivity index (χ4n) is 1.51. The third kappa shape index (κ3) is 2.65. The fourth-order valence-corrected chi connectivity index (χ4v) is 1.51. The Morgan fingerprint density at radius 3 is 2.11 bits per heavy atom. The molecule has 0 unspecified atom stereocenters. The average molecular weight is 256 g/mol. The fraction of sp³-hybridized carbons (Fsp3) is 0.417. The van der Waals surface area contributed by atoms with Crippen LogP contribution in [0.5, 0.6) is 23.0 Å². The number of hydrogen-bond acceptors (Lipinski definition) is 6. The van der Waals surface area contributed by atoms with Crippen LogP contribution < -0.4 is 18.9 Å². The third-order valence-corrected chi connectivity index (χ3v) is 2.28. The van der Waals surface area contributed by atoms with E-state index in [-0.39, 0.29) is 18.1 Å². The van der Waals surface area contributed by atoms with Gasteiger partial charge in [-0.15, -0.1) is 0 Å². The molecular formula is C12H16O6. The quantitative estimate of drug-likeness (QED) is 0.544. The lowest BCUT2D eigenvalue weighted by molar-refractivity contribution is 0.0501. The molecule has 0 aliphatic carbocycles. The largest absolute Gasteiger partial charge is 0.493 e. The van der Waals surface area contributed by atoms with E-state index in [1.54, 1.807) is 6.07 Å². The van der Waals surface area contributed by atoms with Gasteiger partial charge in [-0.1, -0.05) is 0 Å². The van der Waals surface area contributed by atoms with E-state index in [1.165, 1.54) is 28.4 Å². The molecule has 0 spiro atoms. The van der Waals surface area contributed by atoms with Crippen molar-refractivity contribution in [3.05, 3.63) is 11.6 Å². The minimum atomic E-state index is 0.0134. The molecule has 1 aromatic carbocycles. The molecule has 0 bridgehead atoms. The van der Waals surface area contributed by atoms with Gasteiger partial charge >= 0.3 is 0 Å². The highest BCUT2D eigenvalue weighted by Crippen LogP contribution is 2.44. The van der Waals surface area contributed by atoms with Crippen LogP contribution in [0.2, 0.25) is 0 Å². The summed E-state index contributed by atoms with van der Waals surface area (Å²) in [6.45, 7) is 0.0134. The van der Waals surface area contributed by atoms with E-state index in [4.69, 9.17) is 23.7 Å². The molecule has 1 rings (SSSR count). The van der Waals surface area contributed by atoms with Gasteiger partial charge in [0.2, 0.25) is 5.75 Å². The van der Waals surface area contributed by atoms with E-state index in [1.807, 2.05) is 0 Å². The van der Waals surface area contributed by atoms with E-state index in [0.29, 0.717) is 23.5 Å². The number of ether oxygens (including phenoxy) is 5. The predicted molar refractivity (Wildman–Crippen MR) is 64.0 cm³/mol. The molecule has 1 aromatic rings. The Morgan fingerprint density at radius 2 is 1.67 bits per heavy atom. The maximum Gasteiger partial charge on any atom is 0.204 e. The van der Waals surface area contributed by atoms with E-state index < -0.39 is 0 Å². The standard InChI is InChI=1S/C12H16O6/c1-14-7-18-9-5-10(15-2)12(17-4)11(16-3)8(9)6-13/h5-6H,7H2,1-4H3. The predicted octanol–water partition coefficient (Wildman–Crippen LogP) is 1.51. The molecule has 0 atom stereocenters. The number of aldehydes is 1. The number of benzene rings is 1. The van der Waals surface area contributed by atoms with Gasteiger partial charge in [-0.05, 0) is 0 Å². The minimum absolute atomic E-state index is 0.0134. The van der Waals surface area contributed by atoms with Crippen molar-refractivity contribution in [2.45, 2.75) is 0 Å². The number of rotatable bonds is 7. The highest BCUT2D eigenvalue weighted by Gasteiger charge is 2.21. The van der Waals surface area contributed by atoms with Crippen LogP contribution in [-0.4, -0.2) is 41.5 Å². The molecule has 100 valence electrons. The first-order valence-electron chi connectivity index (χ1n) is 5.13. The molecule has 0 amide bonds. The van der Waals surface area contributed by atoms with Gasteiger partial charge in [-0.25, -0.2) is 0 Å². The number of carbonyl (C=O) groups is 1. The molecule has 0 N–H and O–H groups in total. The zero-order chi connectivity index (χ0) is 13.5. The first kappa shape index (κ1) is 14.1. The Morgan fingerprint density at radius 1 is 1.00 bits per heavy atom. The molecule has 0 aromatic heterocycles. The number of hydrogen-bond donors (Lipinski definition) is 0. The smallest absolute Gasteiger partial charge is 0.204 e. The van der Waals surface area contributed by atoms with Gasteiger partial charge in [0, 0.05) is 13.2 Å². The lowest BCUT2D eigenvalue weighted by Crippen LogP contribution is -2.05. The van der Waals surface area contributed by atoms with Gasteiger partial charge in [-0.3, -0.25) is 4.79 Å². The molecule has 6 heteroatoms. The number of methoxy groups -OCH3 is 4. The monoisotopic (exact) mass is 256 g/mol. The maximum atomic E-state index is 11.1. The van der Waals surface area contributed by atoms with Crippen molar-refractivity contribution >= 4 is 6.29 Å². The summed E-state index contributed by atoms with van der Waals surface area (Å²) in [5.41, 5.74) is 0.243. The first-order valence-corrected chi connectivity index (χ1v) is 5.13. The van der Waals surface area contributed by atoms with Crippen molar-refractivity contribution in [3.8, 4) is 23.0 Å². The summed E-state index contributed by atoms with van der Waals surface area (Å²) in [5.74, 6) is 1.32. The van der Waals surface area contributed by atoms with E-state index in [0.717, 1.165) is 0 Å². The van der Waals surface area contributed by atoms with Crippen LogP contribution in [-0.2, 0) is 4.74 Å². The topological polar surface area (TPSA) is 63.2 Å². The summed E-state index contributed by atoms with van der Waals surface area (Å²) >= 11 is 0. The lowest BCUT2D eigenvalue weighted by Gasteiger charge is -2.16. The highest BCUT2D eigenvalue weighted by molar-refractivity contribution is 5.87. The normalized spacial score (nSPS) is 9.78. The molecule has 0 heterocycles. The Bertz CT molecular complexity index is 416. The van der Waals surface area contributed by atoms with Crippen LogP contribution in [0, 0.1) is 0 Å². The Labute approximate surface area is 105 Å². The average Bonchev–Trinajstić information content (AvgIpc) is 2.42. The van der Waals surface area contributed by atoms with Gasteiger partial charge in [0.15, 0.2) is 24.6 Å². The van der Waals surface area contributed by atoms with Gasteiger partial charge in [-0.2, -0.15) is 0 Å². The van der Waals surface area contributed by atoms with E-state index in [2.05, 4.69) is 0 Å². The van der Waals surface area contributed by atoms with E-state index >= 15 is 0 Å². The number of carbonyl (C=O) groups excluding carboxylic acids is 1. The second-order valence-corrected chi connectivity index (χ2v) is 3.23. The SMILES string of the molecule is COCOc1cc(OC)c(OC)c(OC)c1C=O. The zero-order valence-electron chi connectivity index (χ0n) is 10.8. The van der Waals surface area contributed by atoms with Crippen molar-refractivity contribution in [2.75, 3.05) is 35.2 Å². The van der Waals surface area contributed by atoms with Crippen molar-refractivity contribution in [2.24, 2.45) is 0 Å². The molecule has 0 aliphatic rings. The molecule has 0 aliphatic heterocycles. The van der Waals surface area contributed by atoms with Crippen molar-refractivity contribution in [1.82, 2.24) is 0 Å². The second kappa shape index (κ2) is 6.70. The van der Waals surface area contributed by atoms with Crippen LogP contribution >= 0.6 is 0 Å². The highest BCUT2D eigenvalue weighted by atomic mass is 16.7. The van der Waals surface area contributed by atoms with Gasteiger partial charge in [0.1, 0.15) is 11.3 Å². The summed E-state index contributed by atoms with van der Waals surface area (Å²) in [4.78, 5) is 11.1. The summed E-state index contributed by atoms with van der Waals surface area (Å²) < 4.78 is 25.6. The van der Waals surface area contributed by atoms with Crippen LogP contribution in [0.3, 0.4) is 0 Å². The summed E-state index contributed by atoms with van der Waals surface area (Å²) in [6, 6.07) is 1.55. The summed E-state index contributed by atoms with van der Waals surface area (Å²) in [6.07, 6.45) is 0.631. The van der Waals surface area contributed by atoms with Gasteiger partial charge in [0.05, 0.1) is 21.3 Å². The minimum Gasteiger partial charge on any atom is -0.493 e. The Balaban J connectivity index is 3.37. The van der Waals surface area contributed by atoms with Crippen molar-refractivity contribution < 1.29 is 28.5 Å². The zero-order valence-corrected chi connectivity index (χ0v) is 10.8. The van der Waals surface area contributed by atoms with Crippen LogP contribution in [0.25, 0.3) is 0 Å². The molecule has 0 fully saturated rings. The Hall–Kier alpha value is -1.95. The van der Waals surface area contributed by atoms with E-state index in [9.17, 15) is 4.79 Å². The van der Waals surface area contributed by atoms with Gasteiger partial charge in [0.25, 0.3) is 0 Å². The summed E-state index contributed by atoms with van der Waals surface area (Å²) in [5, 5.41) is 0. The molecular weight excluding hydrogens is 240 g/mol. The van der Waals surface area contributed by atoms with Crippen molar-refractivity contribution in [1.29, 1.82) is 0 Å². The van der Waals surface area contributed by atoms with Crippen LogP contribution in [0.1, 0.15) is 10.4 Å². The summed E-state index contributed by atoms with van der Waals surface area (Å²) in [7, 11) is 5.87. The molecule has 0 saturated carbocycles. The van der Waals surface area contributed by atoms with Crippen molar-refractivity contribution in [3.63, 3.8) is 0 Å². The van der Waals surface area contributed by atoms with Crippen LogP contribution in [0.4, 0.5) is 0 Å². The maximum absolute atomic E-state index is 11.1. The molecule has 0 radical (unpaired) electrons. The van der Waals surface area contributed by atoms with Gasteiger partial charge < -0.3 is 23.7 Å². The Kier molecular flexibility index (Phi) is 5.26. The lowest BCUT2D eigenvalue weighted by atomic mass is 10.1.